The van der Waals surface area contributed by atoms with Gasteiger partial charge in [0.2, 0.25) is 0 Å². The molecule has 0 aliphatic carbocycles. The lowest BCUT2D eigenvalue weighted by molar-refractivity contribution is -0.112. The molecule has 0 fully saturated rings. The largest absolute Gasteiger partial charge is 0.295 e. The summed E-state index contributed by atoms with van der Waals surface area (Å²) in [7, 11) is 0. The van der Waals surface area contributed by atoms with E-state index in [2.05, 4.69) is 15.9 Å². The molecule has 1 rings (SSSR count). The molecule has 13 heavy (non-hydrogen) atoms. The summed E-state index contributed by atoms with van der Waals surface area (Å²) in [5.41, 5.74) is 2.23. The van der Waals surface area contributed by atoms with Gasteiger partial charge in [0.05, 0.1) is 0 Å². The molecular weight excluding hydrogens is 228 g/mol. The number of allylic oxidation sites excluding steroid dienone is 1. The van der Waals surface area contributed by atoms with Gasteiger partial charge in [-0.3, -0.25) is 4.79 Å². The summed E-state index contributed by atoms with van der Waals surface area (Å²) in [6.45, 7) is 3.56. The van der Waals surface area contributed by atoms with Crippen molar-refractivity contribution in [2.24, 2.45) is 0 Å². The molecule has 0 saturated heterocycles. The van der Waals surface area contributed by atoms with E-state index in [0.717, 1.165) is 15.6 Å². The molecule has 0 aliphatic rings. The van der Waals surface area contributed by atoms with E-state index in [1.165, 1.54) is 0 Å². The highest BCUT2D eigenvalue weighted by Crippen LogP contribution is 2.20. The lowest BCUT2D eigenvalue weighted by Crippen LogP contribution is -1.84. The summed E-state index contributed by atoms with van der Waals surface area (Å²) >= 11 is 3.43. The molecule has 68 valence electrons. The smallest absolute Gasteiger partial charge is 0.152 e. The Bertz CT molecular complexity index is 353. The van der Waals surface area contributed by atoms with E-state index in [1.54, 1.807) is 13.0 Å². The fourth-order valence-electron chi connectivity index (χ4n) is 1.01. The molecule has 0 bridgehead atoms. The molecule has 0 aromatic heterocycles. The maximum atomic E-state index is 10.7. The van der Waals surface area contributed by atoms with Gasteiger partial charge in [0.1, 0.15) is 0 Å². The van der Waals surface area contributed by atoms with Crippen LogP contribution in [0.15, 0.2) is 28.7 Å². The van der Waals surface area contributed by atoms with Crippen LogP contribution in [0.4, 0.5) is 0 Å². The topological polar surface area (TPSA) is 17.1 Å². The molecule has 0 amide bonds. The van der Waals surface area contributed by atoms with E-state index >= 15 is 0 Å². The van der Waals surface area contributed by atoms with Crippen LogP contribution in [0.2, 0.25) is 0 Å². The highest BCUT2D eigenvalue weighted by atomic mass is 79.9. The molecule has 2 heteroatoms. The summed E-state index contributed by atoms with van der Waals surface area (Å²) in [6, 6.07) is 5.93. The summed E-state index contributed by atoms with van der Waals surface area (Å²) in [6.07, 6.45) is 3.41. The lowest BCUT2D eigenvalue weighted by atomic mass is 10.1. The van der Waals surface area contributed by atoms with Gasteiger partial charge in [-0.2, -0.15) is 0 Å². The highest BCUT2D eigenvalue weighted by Gasteiger charge is 1.97. The third kappa shape index (κ3) is 2.81. The van der Waals surface area contributed by atoms with Crippen LogP contribution in [0.25, 0.3) is 6.08 Å². The minimum atomic E-state index is 0.0689. The van der Waals surface area contributed by atoms with Gasteiger partial charge in [-0.1, -0.05) is 34.1 Å². The number of ketones is 1. The molecule has 0 spiro atoms. The molecule has 0 unspecified atom stereocenters. The number of rotatable bonds is 2. The lowest BCUT2D eigenvalue weighted by Gasteiger charge is -2.01. The number of carbonyl (C=O) groups is 1. The molecule has 0 radical (unpaired) electrons. The Morgan fingerprint density at radius 1 is 1.46 bits per heavy atom. The number of hydrogen-bond donors (Lipinski definition) is 0. The van der Waals surface area contributed by atoms with Crippen LogP contribution < -0.4 is 0 Å². The van der Waals surface area contributed by atoms with Crippen molar-refractivity contribution in [1.82, 2.24) is 0 Å². The summed E-state index contributed by atoms with van der Waals surface area (Å²) < 4.78 is 1.07. The van der Waals surface area contributed by atoms with Gasteiger partial charge in [0.15, 0.2) is 5.78 Å². The van der Waals surface area contributed by atoms with Gasteiger partial charge in [0.25, 0.3) is 0 Å². The zero-order valence-corrected chi connectivity index (χ0v) is 9.26. The second kappa shape index (κ2) is 4.38. The third-order valence-electron chi connectivity index (χ3n) is 1.81. The monoisotopic (exact) mass is 238 g/mol. The Labute approximate surface area is 86.6 Å². The fraction of sp³-hybridized carbons (Fsp3) is 0.182. The van der Waals surface area contributed by atoms with Crippen LogP contribution in [0.5, 0.6) is 0 Å². The van der Waals surface area contributed by atoms with E-state index in [1.807, 2.05) is 31.2 Å². The van der Waals surface area contributed by atoms with Gasteiger partial charge < -0.3 is 0 Å². The Morgan fingerprint density at radius 3 is 2.77 bits per heavy atom. The molecule has 1 aromatic rings. The molecule has 0 atom stereocenters. The number of carbonyl (C=O) groups excluding carboxylic acids is 1. The van der Waals surface area contributed by atoms with Gasteiger partial charge in [-0.15, -0.1) is 0 Å². The normalized spacial score (nSPS) is 10.7. The van der Waals surface area contributed by atoms with Crippen LogP contribution in [0, 0.1) is 6.92 Å². The predicted octanol–water partition coefficient (Wildman–Crippen LogP) is 3.36. The zero-order valence-electron chi connectivity index (χ0n) is 7.67. The average molecular weight is 239 g/mol. The Morgan fingerprint density at radius 2 is 2.15 bits per heavy atom. The van der Waals surface area contributed by atoms with Crippen molar-refractivity contribution in [3.63, 3.8) is 0 Å². The zero-order chi connectivity index (χ0) is 9.84. The molecule has 0 heterocycles. The molecule has 0 N–H and O–H groups in total. The van der Waals surface area contributed by atoms with E-state index < -0.39 is 0 Å². The third-order valence-corrected chi connectivity index (χ3v) is 2.67. The number of hydrogen-bond acceptors (Lipinski definition) is 1. The second-order valence-electron chi connectivity index (χ2n) is 2.90. The molecule has 1 aromatic carbocycles. The quantitative estimate of drug-likeness (QED) is 0.723. The minimum Gasteiger partial charge on any atom is -0.295 e. The number of halogens is 1. The van der Waals surface area contributed by atoms with Gasteiger partial charge >= 0.3 is 0 Å². The van der Waals surface area contributed by atoms with E-state index in [0.29, 0.717) is 0 Å². The van der Waals surface area contributed by atoms with Crippen molar-refractivity contribution in [1.29, 1.82) is 0 Å². The summed E-state index contributed by atoms with van der Waals surface area (Å²) in [4.78, 5) is 10.7. The van der Waals surface area contributed by atoms with Gasteiger partial charge in [-0.05, 0) is 37.1 Å². The van der Waals surface area contributed by atoms with Crippen LogP contribution in [0.1, 0.15) is 18.1 Å². The fourth-order valence-corrected chi connectivity index (χ4v) is 1.39. The van der Waals surface area contributed by atoms with Crippen molar-refractivity contribution in [3.8, 4) is 0 Å². The first-order valence-electron chi connectivity index (χ1n) is 4.05. The standard InChI is InChI=1S/C11H11BrO/c1-8(13)6-7-10-4-3-5-11(12)9(10)2/h3-7H,1-2H3/b7-6+. The first-order chi connectivity index (χ1) is 6.11. The second-order valence-corrected chi connectivity index (χ2v) is 3.75. The SMILES string of the molecule is CC(=O)/C=C/c1cccc(Br)c1C. The number of benzene rings is 1. The van der Waals surface area contributed by atoms with E-state index in [4.69, 9.17) is 0 Å². The van der Waals surface area contributed by atoms with Crippen LogP contribution in [-0.4, -0.2) is 5.78 Å². The maximum absolute atomic E-state index is 10.7. The van der Waals surface area contributed by atoms with Crippen molar-refractivity contribution in [2.45, 2.75) is 13.8 Å². The van der Waals surface area contributed by atoms with Crippen LogP contribution in [-0.2, 0) is 4.79 Å². The van der Waals surface area contributed by atoms with Gasteiger partial charge in [-0.25, -0.2) is 0 Å². The summed E-state index contributed by atoms with van der Waals surface area (Å²) in [5, 5.41) is 0. The molecular formula is C11H11BrO. The average Bonchev–Trinajstić information content (AvgIpc) is 2.07. The maximum Gasteiger partial charge on any atom is 0.152 e. The minimum absolute atomic E-state index is 0.0689. The van der Waals surface area contributed by atoms with E-state index in [9.17, 15) is 4.79 Å². The highest BCUT2D eigenvalue weighted by molar-refractivity contribution is 9.10. The molecule has 1 nitrogen and oxygen atoms in total. The Hall–Kier alpha value is -0.890. The Balaban J connectivity index is 3.02. The van der Waals surface area contributed by atoms with Crippen molar-refractivity contribution < 1.29 is 4.79 Å². The van der Waals surface area contributed by atoms with Crippen molar-refractivity contribution >= 4 is 27.8 Å². The molecule has 0 saturated carbocycles. The van der Waals surface area contributed by atoms with Crippen LogP contribution >= 0.6 is 15.9 Å². The first-order valence-corrected chi connectivity index (χ1v) is 4.84. The predicted molar refractivity (Wildman–Crippen MR) is 58.6 cm³/mol. The molecule has 0 aliphatic heterocycles. The first kappa shape index (κ1) is 10.2. The van der Waals surface area contributed by atoms with Gasteiger partial charge in [0, 0.05) is 4.47 Å². The van der Waals surface area contributed by atoms with E-state index in [-0.39, 0.29) is 5.78 Å². The van der Waals surface area contributed by atoms with Crippen molar-refractivity contribution in [3.05, 3.63) is 39.9 Å². The van der Waals surface area contributed by atoms with Crippen LogP contribution in [0.3, 0.4) is 0 Å². The summed E-state index contributed by atoms with van der Waals surface area (Å²) in [5.74, 6) is 0.0689. The Kier molecular flexibility index (Phi) is 3.43. The van der Waals surface area contributed by atoms with Crippen molar-refractivity contribution in [2.75, 3.05) is 0 Å².